The molecule has 1 aromatic rings. The normalized spacial score (nSPS) is 13.3. The molecule has 20 heavy (non-hydrogen) atoms. The lowest BCUT2D eigenvalue weighted by Crippen LogP contribution is -2.20. The van der Waals surface area contributed by atoms with Gasteiger partial charge in [-0.3, -0.25) is 4.72 Å². The molecule has 0 aliphatic rings. The van der Waals surface area contributed by atoms with Crippen LogP contribution in [0.2, 0.25) is 0 Å². The Labute approximate surface area is 109 Å². The Morgan fingerprint density at radius 2 is 1.60 bits per heavy atom. The van der Waals surface area contributed by atoms with Crippen molar-refractivity contribution in [3.63, 3.8) is 0 Å². The monoisotopic (exact) mass is 322 g/mol. The first-order valence-corrected chi connectivity index (χ1v) is 6.67. The fourth-order valence-electron chi connectivity index (χ4n) is 1.20. The van der Waals surface area contributed by atoms with Gasteiger partial charge < -0.3 is 0 Å². The zero-order valence-electron chi connectivity index (χ0n) is 9.80. The highest BCUT2D eigenvalue weighted by Crippen LogP contribution is 2.40. The zero-order valence-corrected chi connectivity index (χ0v) is 10.6. The highest BCUT2D eigenvalue weighted by molar-refractivity contribution is 7.92. The third-order valence-corrected chi connectivity index (χ3v) is 3.44. The molecule has 0 aliphatic heterocycles. The number of halogens is 6. The smallest absolute Gasteiger partial charge is 0.267 e. The Morgan fingerprint density at radius 3 is 2.00 bits per heavy atom. The summed E-state index contributed by atoms with van der Waals surface area (Å²) >= 11 is 0. The molecule has 0 radical (unpaired) electrons. The predicted molar refractivity (Wildman–Crippen MR) is 57.3 cm³/mol. The Morgan fingerprint density at radius 1 is 1.10 bits per heavy atom. The van der Waals surface area contributed by atoms with E-state index in [-0.39, 0.29) is 12.3 Å². The summed E-state index contributed by atoms with van der Waals surface area (Å²) in [5, 5.41) is 0. The molecule has 0 spiro atoms. The summed E-state index contributed by atoms with van der Waals surface area (Å²) in [6.07, 6.45) is -10.6. The summed E-state index contributed by atoms with van der Waals surface area (Å²) in [6.45, 7) is 1.21. The number of hydrogen-bond donors (Lipinski definition) is 1. The predicted octanol–water partition coefficient (Wildman–Crippen LogP) is 2.88. The highest BCUT2D eigenvalue weighted by Gasteiger charge is 2.43. The van der Waals surface area contributed by atoms with Crippen molar-refractivity contribution in [1.82, 2.24) is 4.98 Å². The molecule has 0 unspecified atom stereocenters. The average molecular weight is 322 g/mol. The second-order valence-electron chi connectivity index (χ2n) is 3.62. The van der Waals surface area contributed by atoms with Crippen molar-refractivity contribution in [1.29, 1.82) is 0 Å². The average Bonchev–Trinajstić information content (AvgIpc) is 2.25. The van der Waals surface area contributed by atoms with Crippen LogP contribution in [0.25, 0.3) is 0 Å². The lowest BCUT2D eigenvalue weighted by Gasteiger charge is -2.16. The standard InChI is InChI=1S/C9H8F6N2O2S/c1-2-20(18,19)17-7-3-5(8(10,11)12)6(4-16-7)9(13,14)15/h3-4H,2H2,1H3,(H,16,17). The van der Waals surface area contributed by atoms with Gasteiger partial charge in [-0.1, -0.05) is 0 Å². The number of alkyl halides is 6. The van der Waals surface area contributed by atoms with E-state index >= 15 is 0 Å². The Kier molecular flexibility index (Phi) is 4.22. The number of pyridine rings is 1. The number of nitrogens with one attached hydrogen (secondary N) is 1. The lowest BCUT2D eigenvalue weighted by atomic mass is 10.1. The minimum Gasteiger partial charge on any atom is -0.267 e. The molecule has 1 aromatic heterocycles. The van der Waals surface area contributed by atoms with Crippen LogP contribution in [0.15, 0.2) is 12.3 Å². The van der Waals surface area contributed by atoms with Crippen LogP contribution in [0.4, 0.5) is 32.2 Å². The first-order chi connectivity index (χ1) is 8.87. The second kappa shape index (κ2) is 5.11. The first-order valence-electron chi connectivity index (χ1n) is 5.01. The van der Waals surface area contributed by atoms with Crippen LogP contribution in [0.5, 0.6) is 0 Å². The highest BCUT2D eigenvalue weighted by atomic mass is 32.2. The van der Waals surface area contributed by atoms with Crippen LogP contribution in [0.3, 0.4) is 0 Å². The maximum atomic E-state index is 12.6. The van der Waals surface area contributed by atoms with Gasteiger partial charge in [0.25, 0.3) is 0 Å². The van der Waals surface area contributed by atoms with Gasteiger partial charge >= 0.3 is 12.4 Å². The number of aromatic nitrogens is 1. The van der Waals surface area contributed by atoms with Crippen molar-refractivity contribution in [2.75, 3.05) is 10.5 Å². The van der Waals surface area contributed by atoms with Crippen molar-refractivity contribution in [3.8, 4) is 0 Å². The largest absolute Gasteiger partial charge is 0.418 e. The Hall–Kier alpha value is -1.52. The van der Waals surface area contributed by atoms with Crippen molar-refractivity contribution < 1.29 is 34.8 Å². The first kappa shape index (κ1) is 16.5. The van der Waals surface area contributed by atoms with E-state index in [1.807, 2.05) is 0 Å². The molecular weight excluding hydrogens is 314 g/mol. The number of anilines is 1. The molecule has 0 atom stereocenters. The molecule has 0 fully saturated rings. The molecule has 0 bridgehead atoms. The third kappa shape index (κ3) is 3.99. The van der Waals surface area contributed by atoms with Crippen molar-refractivity contribution in [2.24, 2.45) is 0 Å². The van der Waals surface area contributed by atoms with Crippen LogP contribution in [-0.4, -0.2) is 19.2 Å². The number of sulfonamides is 1. The lowest BCUT2D eigenvalue weighted by molar-refractivity contribution is -0.162. The molecule has 0 amide bonds. The van der Waals surface area contributed by atoms with Gasteiger partial charge in [0.2, 0.25) is 10.0 Å². The maximum absolute atomic E-state index is 12.6. The summed E-state index contributed by atoms with van der Waals surface area (Å²) in [6, 6.07) is 0.00995. The van der Waals surface area contributed by atoms with E-state index in [0.717, 1.165) is 0 Å². The van der Waals surface area contributed by atoms with Gasteiger partial charge in [-0.2, -0.15) is 26.3 Å². The molecule has 11 heteroatoms. The van der Waals surface area contributed by atoms with Gasteiger partial charge in [-0.15, -0.1) is 0 Å². The van der Waals surface area contributed by atoms with E-state index in [0.29, 0.717) is 0 Å². The molecular formula is C9H8F6N2O2S. The maximum Gasteiger partial charge on any atom is 0.418 e. The van der Waals surface area contributed by atoms with E-state index in [1.54, 1.807) is 4.72 Å². The fourth-order valence-corrected chi connectivity index (χ4v) is 1.78. The molecule has 1 heterocycles. The SMILES string of the molecule is CCS(=O)(=O)Nc1cc(C(F)(F)F)c(C(F)(F)F)cn1. The quantitative estimate of drug-likeness (QED) is 0.871. The number of rotatable bonds is 3. The van der Waals surface area contributed by atoms with Crippen molar-refractivity contribution in [3.05, 3.63) is 23.4 Å². The van der Waals surface area contributed by atoms with Gasteiger partial charge in [0.05, 0.1) is 16.9 Å². The van der Waals surface area contributed by atoms with E-state index in [2.05, 4.69) is 4.98 Å². The molecule has 0 aromatic carbocycles. The van der Waals surface area contributed by atoms with Gasteiger partial charge in [0.15, 0.2) is 0 Å². The second-order valence-corrected chi connectivity index (χ2v) is 5.63. The molecule has 0 aliphatic carbocycles. The minimum absolute atomic E-state index is 0.00995. The van der Waals surface area contributed by atoms with Gasteiger partial charge in [0.1, 0.15) is 5.82 Å². The van der Waals surface area contributed by atoms with Crippen LogP contribution < -0.4 is 4.72 Å². The van der Waals surface area contributed by atoms with Crippen molar-refractivity contribution in [2.45, 2.75) is 19.3 Å². The van der Waals surface area contributed by atoms with Gasteiger partial charge in [-0.05, 0) is 13.0 Å². The van der Waals surface area contributed by atoms with Crippen LogP contribution >= 0.6 is 0 Å². The summed E-state index contributed by atoms with van der Waals surface area (Å²) in [5.41, 5.74) is -3.99. The number of hydrogen-bond acceptors (Lipinski definition) is 3. The van der Waals surface area contributed by atoms with E-state index < -0.39 is 45.1 Å². The van der Waals surface area contributed by atoms with Gasteiger partial charge in [0, 0.05) is 6.20 Å². The third-order valence-electron chi connectivity index (χ3n) is 2.15. The van der Waals surface area contributed by atoms with E-state index in [9.17, 15) is 34.8 Å². The molecule has 114 valence electrons. The fraction of sp³-hybridized carbons (Fsp3) is 0.444. The van der Waals surface area contributed by atoms with Crippen molar-refractivity contribution >= 4 is 15.8 Å². The van der Waals surface area contributed by atoms with Crippen LogP contribution in [-0.2, 0) is 22.4 Å². The van der Waals surface area contributed by atoms with E-state index in [4.69, 9.17) is 0 Å². The summed E-state index contributed by atoms with van der Waals surface area (Å²) in [4.78, 5) is 3.04. The Balaban J connectivity index is 3.37. The molecule has 1 N–H and O–H groups in total. The topological polar surface area (TPSA) is 59.1 Å². The van der Waals surface area contributed by atoms with E-state index in [1.165, 1.54) is 6.92 Å². The van der Waals surface area contributed by atoms with Gasteiger partial charge in [-0.25, -0.2) is 13.4 Å². The zero-order chi connectivity index (χ0) is 15.8. The summed E-state index contributed by atoms with van der Waals surface area (Å²) in [5.74, 6) is -1.29. The number of nitrogens with zero attached hydrogens (tertiary/aromatic N) is 1. The molecule has 1 rings (SSSR count). The minimum atomic E-state index is -5.29. The molecule has 0 saturated carbocycles. The van der Waals surface area contributed by atoms with Crippen LogP contribution in [0.1, 0.15) is 18.1 Å². The summed E-state index contributed by atoms with van der Waals surface area (Å²) < 4.78 is 99.0. The summed E-state index contributed by atoms with van der Waals surface area (Å²) in [7, 11) is -3.94. The van der Waals surface area contributed by atoms with Crippen LogP contribution in [0, 0.1) is 0 Å². The Bertz CT molecular complexity index is 593. The molecule has 0 saturated heterocycles. The molecule has 4 nitrogen and oxygen atoms in total.